The second-order valence-electron chi connectivity index (χ2n) is 4.26. The zero-order chi connectivity index (χ0) is 13.9. The molecule has 0 amide bonds. The average Bonchev–Trinajstić information content (AvgIpc) is 3.13. The molecule has 0 saturated heterocycles. The van der Waals surface area contributed by atoms with Crippen molar-refractivity contribution in [2.45, 2.75) is 0 Å². The van der Waals surface area contributed by atoms with Crippen molar-refractivity contribution in [3.63, 3.8) is 0 Å². The minimum atomic E-state index is -0.252. The lowest BCUT2D eigenvalue weighted by Gasteiger charge is -1.97. The molecule has 0 aliphatic carbocycles. The molecule has 0 atom stereocenters. The molecule has 0 spiro atoms. The van der Waals surface area contributed by atoms with Gasteiger partial charge in [-0.25, -0.2) is 0 Å². The number of aromatic nitrogens is 1. The molecule has 0 aliphatic heterocycles. The zero-order valence-electron chi connectivity index (χ0n) is 10.5. The lowest BCUT2D eigenvalue weighted by atomic mass is 10.0. The number of para-hydroxylation sites is 1. The quantitative estimate of drug-likeness (QED) is 0.447. The van der Waals surface area contributed by atoms with Crippen molar-refractivity contribution in [2.75, 3.05) is 0 Å². The van der Waals surface area contributed by atoms with Crippen molar-refractivity contribution in [1.82, 2.24) is 4.98 Å². The Morgan fingerprint density at radius 1 is 1.25 bits per heavy atom. The Kier molecular flexibility index (Phi) is 3.20. The van der Waals surface area contributed by atoms with Crippen molar-refractivity contribution in [1.29, 1.82) is 5.26 Å². The number of H-pyrrole nitrogens is 1. The van der Waals surface area contributed by atoms with Gasteiger partial charge in [-0.05, 0) is 23.6 Å². The third-order valence-corrected chi connectivity index (χ3v) is 3.85. The number of fused-ring (bicyclic) bond motifs is 1. The molecule has 0 aliphatic rings. The number of thiophene rings is 1. The van der Waals surface area contributed by atoms with Crippen LogP contribution in [0.4, 0.5) is 0 Å². The zero-order valence-corrected chi connectivity index (χ0v) is 11.3. The van der Waals surface area contributed by atoms with Gasteiger partial charge in [-0.1, -0.05) is 24.3 Å². The predicted octanol–water partition coefficient (Wildman–Crippen LogP) is 4.02. The van der Waals surface area contributed by atoms with Crippen molar-refractivity contribution >= 4 is 34.1 Å². The van der Waals surface area contributed by atoms with Crippen LogP contribution in [-0.4, -0.2) is 10.8 Å². The topological polar surface area (TPSA) is 56.6 Å². The van der Waals surface area contributed by atoms with E-state index >= 15 is 0 Å². The first-order valence-electron chi connectivity index (χ1n) is 6.05. The Hall–Kier alpha value is -2.64. The second-order valence-corrected chi connectivity index (χ2v) is 5.24. The minimum absolute atomic E-state index is 0.150. The van der Waals surface area contributed by atoms with Crippen molar-refractivity contribution in [3.05, 3.63) is 64.0 Å². The summed E-state index contributed by atoms with van der Waals surface area (Å²) in [6.07, 6.45) is 3.29. The fraction of sp³-hybridized carbons (Fsp3) is 0. The van der Waals surface area contributed by atoms with Gasteiger partial charge in [0.1, 0.15) is 11.6 Å². The molecule has 0 bridgehead atoms. The Labute approximate surface area is 119 Å². The van der Waals surface area contributed by atoms with E-state index in [4.69, 9.17) is 0 Å². The van der Waals surface area contributed by atoms with Crippen LogP contribution in [0.15, 0.2) is 53.5 Å². The number of nitrogens with zero attached hydrogens (tertiary/aromatic N) is 1. The smallest absolute Gasteiger partial charge is 0.205 e. The van der Waals surface area contributed by atoms with E-state index in [2.05, 4.69) is 4.98 Å². The van der Waals surface area contributed by atoms with Crippen LogP contribution in [0.1, 0.15) is 15.2 Å². The number of Topliss-reactive ketones (excluding diaryl/α,β-unsaturated/α-hetero) is 1. The van der Waals surface area contributed by atoms with Gasteiger partial charge in [-0.2, -0.15) is 5.26 Å². The van der Waals surface area contributed by atoms with Gasteiger partial charge >= 0.3 is 0 Å². The SMILES string of the molecule is N#C/C(=C\c1cccs1)C(=O)c1c[nH]c2ccccc12. The number of rotatable bonds is 3. The molecule has 0 unspecified atom stereocenters. The molecule has 2 aromatic heterocycles. The molecule has 3 rings (SSSR count). The molecule has 2 heterocycles. The van der Waals surface area contributed by atoms with Crippen LogP contribution >= 0.6 is 11.3 Å². The second kappa shape index (κ2) is 5.16. The Morgan fingerprint density at radius 3 is 2.85 bits per heavy atom. The summed E-state index contributed by atoms with van der Waals surface area (Å²) in [6, 6.07) is 13.3. The summed E-state index contributed by atoms with van der Waals surface area (Å²) in [4.78, 5) is 16.4. The normalized spacial score (nSPS) is 11.4. The Bertz CT molecular complexity index is 835. The highest BCUT2D eigenvalue weighted by Crippen LogP contribution is 2.22. The third-order valence-electron chi connectivity index (χ3n) is 3.03. The van der Waals surface area contributed by atoms with Crippen LogP contribution in [0, 0.1) is 11.3 Å². The molecular formula is C16H10N2OS. The standard InChI is InChI=1S/C16H10N2OS/c17-9-11(8-12-4-3-7-20-12)16(19)14-10-18-15-6-2-1-5-13(14)15/h1-8,10,18H/b11-8+. The van der Waals surface area contributed by atoms with Crippen molar-refractivity contribution in [2.24, 2.45) is 0 Å². The highest BCUT2D eigenvalue weighted by Gasteiger charge is 2.16. The molecule has 1 N–H and O–H groups in total. The van der Waals surface area contributed by atoms with Gasteiger partial charge in [-0.15, -0.1) is 11.3 Å². The van der Waals surface area contributed by atoms with Gasteiger partial charge in [-0.3, -0.25) is 4.79 Å². The molecule has 20 heavy (non-hydrogen) atoms. The molecule has 96 valence electrons. The van der Waals surface area contributed by atoms with Crippen LogP contribution in [0.5, 0.6) is 0 Å². The number of nitriles is 1. The first-order chi connectivity index (χ1) is 9.79. The summed E-state index contributed by atoms with van der Waals surface area (Å²) in [5.41, 5.74) is 1.58. The lowest BCUT2D eigenvalue weighted by molar-refractivity contribution is 0.104. The Morgan fingerprint density at radius 2 is 2.10 bits per heavy atom. The molecule has 0 radical (unpaired) electrons. The van der Waals surface area contributed by atoms with Gasteiger partial charge in [0.2, 0.25) is 5.78 Å². The van der Waals surface area contributed by atoms with E-state index in [0.29, 0.717) is 5.56 Å². The number of hydrogen-bond donors (Lipinski definition) is 1. The van der Waals surface area contributed by atoms with E-state index in [-0.39, 0.29) is 11.4 Å². The number of allylic oxidation sites excluding steroid dienone is 1. The summed E-state index contributed by atoms with van der Waals surface area (Å²) in [5, 5.41) is 12.0. The summed E-state index contributed by atoms with van der Waals surface area (Å²) >= 11 is 1.50. The van der Waals surface area contributed by atoms with E-state index in [1.807, 2.05) is 47.8 Å². The first kappa shape index (κ1) is 12.4. The number of ketones is 1. The maximum atomic E-state index is 12.5. The summed E-state index contributed by atoms with van der Waals surface area (Å²) in [6.45, 7) is 0. The van der Waals surface area contributed by atoms with Crippen LogP contribution < -0.4 is 0 Å². The summed E-state index contributed by atoms with van der Waals surface area (Å²) in [7, 11) is 0. The molecule has 1 aromatic carbocycles. The largest absolute Gasteiger partial charge is 0.360 e. The number of nitrogens with one attached hydrogen (secondary N) is 1. The molecule has 0 saturated carbocycles. The fourth-order valence-corrected chi connectivity index (χ4v) is 2.73. The number of carbonyl (C=O) groups excluding carboxylic acids is 1. The van der Waals surface area contributed by atoms with Crippen molar-refractivity contribution in [3.8, 4) is 6.07 Å². The fourth-order valence-electron chi connectivity index (χ4n) is 2.07. The van der Waals surface area contributed by atoms with Gasteiger partial charge in [0.15, 0.2) is 0 Å². The molecule has 0 fully saturated rings. The van der Waals surface area contributed by atoms with Gasteiger partial charge in [0.25, 0.3) is 0 Å². The van der Waals surface area contributed by atoms with Crippen LogP contribution in [-0.2, 0) is 0 Å². The summed E-state index contributed by atoms with van der Waals surface area (Å²) < 4.78 is 0. The monoisotopic (exact) mass is 278 g/mol. The molecular weight excluding hydrogens is 268 g/mol. The van der Waals surface area contributed by atoms with Crippen LogP contribution in [0.3, 0.4) is 0 Å². The molecule has 4 heteroatoms. The van der Waals surface area contributed by atoms with E-state index in [0.717, 1.165) is 15.8 Å². The third kappa shape index (κ3) is 2.15. The lowest BCUT2D eigenvalue weighted by Crippen LogP contribution is -2.00. The van der Waals surface area contributed by atoms with Gasteiger partial charge in [0.05, 0.1) is 0 Å². The highest BCUT2D eigenvalue weighted by molar-refractivity contribution is 7.10. The predicted molar refractivity (Wildman–Crippen MR) is 80.5 cm³/mol. The van der Waals surface area contributed by atoms with Crippen molar-refractivity contribution < 1.29 is 4.79 Å². The first-order valence-corrected chi connectivity index (χ1v) is 6.93. The van der Waals surface area contributed by atoms with Crippen LogP contribution in [0.25, 0.3) is 17.0 Å². The maximum Gasteiger partial charge on any atom is 0.205 e. The molecule has 3 aromatic rings. The van der Waals surface area contributed by atoms with E-state index in [1.54, 1.807) is 12.3 Å². The Balaban J connectivity index is 2.05. The van der Waals surface area contributed by atoms with Crippen LogP contribution in [0.2, 0.25) is 0 Å². The van der Waals surface area contributed by atoms with Gasteiger partial charge in [0, 0.05) is 27.5 Å². The number of benzene rings is 1. The maximum absolute atomic E-state index is 12.5. The van der Waals surface area contributed by atoms with E-state index in [9.17, 15) is 10.1 Å². The number of aromatic amines is 1. The van der Waals surface area contributed by atoms with E-state index < -0.39 is 0 Å². The van der Waals surface area contributed by atoms with E-state index in [1.165, 1.54) is 11.3 Å². The molecule has 3 nitrogen and oxygen atoms in total. The number of carbonyl (C=O) groups is 1. The van der Waals surface area contributed by atoms with Gasteiger partial charge < -0.3 is 4.98 Å². The summed E-state index contributed by atoms with van der Waals surface area (Å²) in [5.74, 6) is -0.252. The average molecular weight is 278 g/mol. The highest BCUT2D eigenvalue weighted by atomic mass is 32.1. The number of hydrogen-bond acceptors (Lipinski definition) is 3. The minimum Gasteiger partial charge on any atom is -0.360 e.